The summed E-state index contributed by atoms with van der Waals surface area (Å²) in [6.07, 6.45) is 1.66. The molecule has 1 aromatic rings. The van der Waals surface area contributed by atoms with Crippen molar-refractivity contribution in [2.75, 3.05) is 13.2 Å². The van der Waals surface area contributed by atoms with E-state index in [-0.39, 0.29) is 24.2 Å². The molecule has 1 saturated heterocycles. The van der Waals surface area contributed by atoms with Gasteiger partial charge in [0.1, 0.15) is 5.82 Å². The van der Waals surface area contributed by atoms with Crippen molar-refractivity contribution >= 4 is 11.6 Å². The zero-order valence-electron chi connectivity index (χ0n) is 11.5. The number of hydrogen-bond donors (Lipinski definition) is 1. The molecule has 0 aromatic heterocycles. The van der Waals surface area contributed by atoms with Gasteiger partial charge in [-0.25, -0.2) is 4.39 Å². The van der Waals surface area contributed by atoms with Crippen molar-refractivity contribution in [1.82, 2.24) is 5.32 Å². The summed E-state index contributed by atoms with van der Waals surface area (Å²) in [7, 11) is 0. The average molecular weight is 292 g/mol. The van der Waals surface area contributed by atoms with Crippen LogP contribution in [0.4, 0.5) is 4.39 Å². The van der Waals surface area contributed by atoms with Gasteiger partial charge in [-0.2, -0.15) is 0 Å². The van der Waals surface area contributed by atoms with Crippen molar-refractivity contribution in [3.05, 3.63) is 35.6 Å². The Bertz CT molecular complexity index is 556. The number of nitrogens with one attached hydrogen (secondary N) is 1. The van der Waals surface area contributed by atoms with Gasteiger partial charge < -0.3 is 14.9 Å². The van der Waals surface area contributed by atoms with Gasteiger partial charge in [0.25, 0.3) is 5.91 Å². The Balaban J connectivity index is 1.53. The number of amides is 1. The Morgan fingerprint density at radius 1 is 1.43 bits per heavy atom. The first kappa shape index (κ1) is 14.0. The summed E-state index contributed by atoms with van der Waals surface area (Å²) in [5.74, 6) is -0.596. The molecule has 2 aliphatic heterocycles. The van der Waals surface area contributed by atoms with Gasteiger partial charge in [0.15, 0.2) is 0 Å². The summed E-state index contributed by atoms with van der Waals surface area (Å²) in [5.41, 5.74) is 0.845. The van der Waals surface area contributed by atoms with Crippen LogP contribution in [0.2, 0.25) is 0 Å². The molecule has 2 aliphatic rings. The molecule has 0 unspecified atom stereocenters. The molecule has 0 spiro atoms. The number of benzene rings is 1. The van der Waals surface area contributed by atoms with Crippen molar-refractivity contribution in [3.63, 3.8) is 0 Å². The third kappa shape index (κ3) is 3.21. The minimum atomic E-state index is -0.694. The lowest BCUT2D eigenvalue weighted by atomic mass is 10.0. The molecule has 1 amide bonds. The molecule has 0 bridgehead atoms. The predicted octanol–water partition coefficient (Wildman–Crippen LogP) is 1.61. The molecule has 1 N–H and O–H groups in total. The molecule has 5 nitrogen and oxygen atoms in total. The first-order valence-electron chi connectivity index (χ1n) is 7.11. The Labute approximate surface area is 122 Å². The molecular formula is C15H17FN2O3. The first-order valence-corrected chi connectivity index (χ1v) is 7.11. The highest BCUT2D eigenvalue weighted by Crippen LogP contribution is 2.19. The number of nitrogens with zero attached hydrogens (tertiary/aromatic N) is 1. The molecule has 1 aromatic carbocycles. The van der Waals surface area contributed by atoms with E-state index in [1.54, 1.807) is 18.2 Å². The second-order valence-corrected chi connectivity index (χ2v) is 5.20. The monoisotopic (exact) mass is 292 g/mol. The lowest BCUT2D eigenvalue weighted by Crippen LogP contribution is -2.39. The predicted molar refractivity (Wildman–Crippen MR) is 74.4 cm³/mol. The van der Waals surface area contributed by atoms with Crippen LogP contribution in [-0.2, 0) is 14.4 Å². The van der Waals surface area contributed by atoms with Crippen LogP contribution in [0.3, 0.4) is 0 Å². The molecule has 21 heavy (non-hydrogen) atoms. The average Bonchev–Trinajstić information content (AvgIpc) is 3.17. The van der Waals surface area contributed by atoms with Crippen LogP contribution in [0.5, 0.6) is 0 Å². The van der Waals surface area contributed by atoms with Gasteiger partial charge >= 0.3 is 0 Å². The van der Waals surface area contributed by atoms with E-state index in [0.717, 1.165) is 19.4 Å². The molecule has 0 aliphatic carbocycles. The molecular weight excluding hydrogens is 275 g/mol. The highest BCUT2D eigenvalue weighted by atomic mass is 19.1. The Kier molecular flexibility index (Phi) is 4.15. The number of ether oxygens (including phenoxy) is 1. The molecule has 0 radical (unpaired) electrons. The number of hydrogen-bond acceptors (Lipinski definition) is 4. The van der Waals surface area contributed by atoms with Crippen LogP contribution in [0.1, 0.15) is 24.8 Å². The van der Waals surface area contributed by atoms with Crippen molar-refractivity contribution in [3.8, 4) is 0 Å². The lowest BCUT2D eigenvalue weighted by molar-refractivity contribution is -0.131. The lowest BCUT2D eigenvalue weighted by Gasteiger charge is -2.13. The van der Waals surface area contributed by atoms with Crippen molar-refractivity contribution < 1.29 is 18.8 Å². The number of carbonyl (C=O) groups is 1. The molecule has 6 heteroatoms. The van der Waals surface area contributed by atoms with E-state index in [9.17, 15) is 9.18 Å². The second kappa shape index (κ2) is 6.22. The summed E-state index contributed by atoms with van der Waals surface area (Å²) >= 11 is 0. The van der Waals surface area contributed by atoms with Gasteiger partial charge in [-0.1, -0.05) is 23.4 Å². The van der Waals surface area contributed by atoms with Crippen molar-refractivity contribution in [1.29, 1.82) is 0 Å². The third-order valence-corrected chi connectivity index (χ3v) is 3.67. The van der Waals surface area contributed by atoms with Crippen LogP contribution in [0, 0.1) is 5.82 Å². The molecule has 2 atom stereocenters. The van der Waals surface area contributed by atoms with Gasteiger partial charge in [-0.05, 0) is 18.9 Å². The van der Waals surface area contributed by atoms with E-state index >= 15 is 0 Å². The normalized spacial score (nSPS) is 24.5. The maximum Gasteiger partial charge on any atom is 0.264 e. The van der Waals surface area contributed by atoms with Gasteiger partial charge in [-0.3, -0.25) is 4.79 Å². The zero-order valence-corrected chi connectivity index (χ0v) is 11.5. The first-order chi connectivity index (χ1) is 10.2. The smallest absolute Gasteiger partial charge is 0.264 e. The van der Waals surface area contributed by atoms with Crippen molar-refractivity contribution in [2.45, 2.75) is 31.5 Å². The van der Waals surface area contributed by atoms with Crippen LogP contribution in [0.15, 0.2) is 29.4 Å². The summed E-state index contributed by atoms with van der Waals surface area (Å²) in [5, 5.41) is 6.63. The van der Waals surface area contributed by atoms with Crippen LogP contribution in [0.25, 0.3) is 0 Å². The van der Waals surface area contributed by atoms with Gasteiger partial charge in [0, 0.05) is 25.1 Å². The number of halogens is 1. The SMILES string of the molecule is O=C(NC[C@H]1CCCO1)[C@@H]1CC(c2ccccc2F)=NO1. The van der Waals surface area contributed by atoms with E-state index in [2.05, 4.69) is 10.5 Å². The summed E-state index contributed by atoms with van der Waals surface area (Å²) in [6.45, 7) is 1.23. The highest BCUT2D eigenvalue weighted by Gasteiger charge is 2.30. The maximum atomic E-state index is 13.7. The fourth-order valence-electron chi connectivity index (χ4n) is 2.51. The highest BCUT2D eigenvalue weighted by molar-refractivity contribution is 6.04. The molecule has 0 saturated carbocycles. The van der Waals surface area contributed by atoms with E-state index in [1.165, 1.54) is 6.07 Å². The molecule has 1 fully saturated rings. The second-order valence-electron chi connectivity index (χ2n) is 5.20. The molecule has 3 rings (SSSR count). The Hall–Kier alpha value is -1.95. The number of carbonyl (C=O) groups excluding carboxylic acids is 1. The van der Waals surface area contributed by atoms with Gasteiger partial charge in [0.05, 0.1) is 11.8 Å². The minimum Gasteiger partial charge on any atom is -0.382 e. The number of oxime groups is 1. The summed E-state index contributed by atoms with van der Waals surface area (Å²) < 4.78 is 19.1. The van der Waals surface area contributed by atoms with E-state index in [4.69, 9.17) is 9.57 Å². The fraction of sp³-hybridized carbons (Fsp3) is 0.467. The Morgan fingerprint density at radius 2 is 2.29 bits per heavy atom. The molecule has 2 heterocycles. The van der Waals surface area contributed by atoms with Crippen LogP contribution < -0.4 is 5.32 Å². The topological polar surface area (TPSA) is 59.9 Å². The fourth-order valence-corrected chi connectivity index (χ4v) is 2.51. The largest absolute Gasteiger partial charge is 0.382 e. The quantitative estimate of drug-likeness (QED) is 0.917. The zero-order chi connectivity index (χ0) is 14.7. The van der Waals surface area contributed by atoms with Crippen molar-refractivity contribution in [2.24, 2.45) is 5.16 Å². The van der Waals surface area contributed by atoms with Gasteiger partial charge in [-0.15, -0.1) is 0 Å². The van der Waals surface area contributed by atoms with Crippen LogP contribution in [-0.4, -0.2) is 37.0 Å². The summed E-state index contributed by atoms with van der Waals surface area (Å²) in [6, 6.07) is 6.33. The Morgan fingerprint density at radius 3 is 3.05 bits per heavy atom. The van der Waals surface area contributed by atoms with Gasteiger partial charge in [0.2, 0.25) is 6.10 Å². The van der Waals surface area contributed by atoms with E-state index in [0.29, 0.717) is 17.8 Å². The molecule has 112 valence electrons. The standard InChI is InChI=1S/C15H17FN2O3/c16-12-6-2-1-5-11(12)13-8-14(21-18-13)15(19)17-9-10-4-3-7-20-10/h1-2,5-6,10,14H,3-4,7-9H2,(H,17,19)/t10-,14+/m1/s1. The van der Waals surface area contributed by atoms with Crippen LogP contribution >= 0.6 is 0 Å². The third-order valence-electron chi connectivity index (χ3n) is 3.67. The number of rotatable bonds is 4. The maximum absolute atomic E-state index is 13.7. The van der Waals surface area contributed by atoms with E-state index in [1.807, 2.05) is 0 Å². The summed E-state index contributed by atoms with van der Waals surface area (Å²) in [4.78, 5) is 17.1. The minimum absolute atomic E-state index is 0.0855. The van der Waals surface area contributed by atoms with E-state index < -0.39 is 6.10 Å².